The van der Waals surface area contributed by atoms with E-state index in [-0.39, 0.29) is 11.9 Å². The largest absolute Gasteiger partial charge is 0.325 e. The Bertz CT molecular complexity index is 542. The molecule has 0 aliphatic carbocycles. The minimum absolute atomic E-state index is 0.124. The van der Waals surface area contributed by atoms with Gasteiger partial charge in [0.05, 0.1) is 23.7 Å². The zero-order valence-corrected chi connectivity index (χ0v) is 11.8. The third-order valence-corrected chi connectivity index (χ3v) is 3.15. The van der Waals surface area contributed by atoms with Crippen LogP contribution < -0.4 is 5.32 Å². The van der Waals surface area contributed by atoms with Crippen molar-refractivity contribution in [2.75, 3.05) is 18.9 Å². The molecule has 1 amide bonds. The summed E-state index contributed by atoms with van der Waals surface area (Å²) in [5.74, 6) is -0.135. The lowest BCUT2D eigenvalue weighted by atomic mass is 10.2. The summed E-state index contributed by atoms with van der Waals surface area (Å²) in [6.45, 7) is 2.52. The van der Waals surface area contributed by atoms with Crippen molar-refractivity contribution in [1.29, 1.82) is 10.5 Å². The van der Waals surface area contributed by atoms with Gasteiger partial charge in [-0.15, -0.1) is 0 Å². The van der Waals surface area contributed by atoms with Crippen molar-refractivity contribution in [2.24, 2.45) is 0 Å². The molecule has 104 valence electrons. The van der Waals surface area contributed by atoms with Gasteiger partial charge in [0, 0.05) is 19.0 Å². The average molecular weight is 270 g/mol. The van der Waals surface area contributed by atoms with Gasteiger partial charge in [0.15, 0.2) is 0 Å². The van der Waals surface area contributed by atoms with E-state index in [4.69, 9.17) is 10.5 Å². The van der Waals surface area contributed by atoms with Crippen LogP contribution in [0.15, 0.2) is 24.3 Å². The molecule has 0 heterocycles. The van der Waals surface area contributed by atoms with Gasteiger partial charge < -0.3 is 10.2 Å². The van der Waals surface area contributed by atoms with Gasteiger partial charge in [0.25, 0.3) is 0 Å². The Morgan fingerprint density at radius 1 is 1.40 bits per heavy atom. The second kappa shape index (κ2) is 7.93. The molecule has 0 saturated carbocycles. The van der Waals surface area contributed by atoms with E-state index in [9.17, 15) is 4.79 Å². The van der Waals surface area contributed by atoms with E-state index < -0.39 is 0 Å². The van der Waals surface area contributed by atoms with Gasteiger partial charge in [-0.3, -0.25) is 4.79 Å². The predicted molar refractivity (Wildman–Crippen MR) is 76.7 cm³/mol. The number of carbonyl (C=O) groups is 1. The first-order valence-corrected chi connectivity index (χ1v) is 6.44. The molecular weight excluding hydrogens is 252 g/mol. The molecular formula is C15H18N4O. The highest BCUT2D eigenvalue weighted by atomic mass is 16.1. The highest BCUT2D eigenvalue weighted by molar-refractivity contribution is 5.92. The van der Waals surface area contributed by atoms with Crippen molar-refractivity contribution >= 4 is 11.6 Å². The van der Waals surface area contributed by atoms with Crippen LogP contribution in [0.25, 0.3) is 0 Å². The van der Waals surface area contributed by atoms with Gasteiger partial charge in [-0.2, -0.15) is 10.5 Å². The molecule has 1 rings (SSSR count). The number of rotatable bonds is 6. The molecule has 1 unspecified atom stereocenters. The van der Waals surface area contributed by atoms with Crippen molar-refractivity contribution in [3.63, 3.8) is 0 Å². The Hall–Kier alpha value is -2.37. The van der Waals surface area contributed by atoms with Crippen molar-refractivity contribution in [3.05, 3.63) is 29.8 Å². The van der Waals surface area contributed by atoms with Crippen LogP contribution in [0, 0.1) is 22.7 Å². The summed E-state index contributed by atoms with van der Waals surface area (Å²) in [5.41, 5.74) is 0.986. The maximum atomic E-state index is 11.9. The standard InChI is InChI=1S/C15H18N4O/c1-12(7-9-16)19(2)10-8-15(20)18-14-6-4-3-5-13(14)11-17/h3-6,12H,7-8,10H2,1-2H3,(H,18,20). The Morgan fingerprint density at radius 2 is 2.10 bits per heavy atom. The second-order valence-electron chi connectivity index (χ2n) is 4.65. The van der Waals surface area contributed by atoms with E-state index in [1.165, 1.54) is 0 Å². The topological polar surface area (TPSA) is 79.9 Å². The lowest BCUT2D eigenvalue weighted by molar-refractivity contribution is -0.116. The molecule has 1 aromatic carbocycles. The summed E-state index contributed by atoms with van der Waals surface area (Å²) in [5, 5.41) is 20.3. The third kappa shape index (κ3) is 4.72. The van der Waals surface area contributed by atoms with Gasteiger partial charge in [-0.05, 0) is 26.1 Å². The fourth-order valence-corrected chi connectivity index (χ4v) is 1.69. The number of para-hydroxylation sites is 1. The van der Waals surface area contributed by atoms with Crippen molar-refractivity contribution in [1.82, 2.24) is 4.90 Å². The number of carbonyl (C=O) groups excluding carboxylic acids is 1. The molecule has 1 aromatic rings. The molecule has 0 aliphatic rings. The molecule has 0 bridgehead atoms. The molecule has 0 radical (unpaired) electrons. The summed E-state index contributed by atoms with van der Waals surface area (Å²) in [4.78, 5) is 13.8. The first-order chi connectivity index (χ1) is 9.58. The maximum absolute atomic E-state index is 11.9. The highest BCUT2D eigenvalue weighted by Gasteiger charge is 2.11. The predicted octanol–water partition coefficient (Wildman–Crippen LogP) is 2.12. The molecule has 0 saturated heterocycles. The molecule has 5 heteroatoms. The minimum atomic E-state index is -0.135. The zero-order chi connectivity index (χ0) is 15.0. The van der Waals surface area contributed by atoms with E-state index in [0.717, 1.165) is 0 Å². The van der Waals surface area contributed by atoms with Crippen LogP contribution in [0.2, 0.25) is 0 Å². The zero-order valence-electron chi connectivity index (χ0n) is 11.8. The molecule has 1 atom stereocenters. The number of nitrogens with zero attached hydrogens (tertiary/aromatic N) is 3. The van der Waals surface area contributed by atoms with Gasteiger partial charge in [0.1, 0.15) is 6.07 Å². The average Bonchev–Trinajstić information content (AvgIpc) is 2.45. The molecule has 1 N–H and O–H groups in total. The number of amides is 1. The summed E-state index contributed by atoms with van der Waals surface area (Å²) < 4.78 is 0. The van der Waals surface area contributed by atoms with Gasteiger partial charge in [-0.1, -0.05) is 12.1 Å². The lowest BCUT2D eigenvalue weighted by Gasteiger charge is -2.22. The number of hydrogen-bond donors (Lipinski definition) is 1. The first kappa shape index (κ1) is 15.7. The fraction of sp³-hybridized carbons (Fsp3) is 0.400. The summed E-state index contributed by atoms with van der Waals surface area (Å²) in [6, 6.07) is 11.2. The number of anilines is 1. The van der Waals surface area contributed by atoms with Crippen molar-refractivity contribution in [3.8, 4) is 12.1 Å². The SMILES string of the molecule is CC(CC#N)N(C)CCC(=O)Nc1ccccc1C#N. The smallest absolute Gasteiger partial charge is 0.225 e. The quantitative estimate of drug-likeness (QED) is 0.858. The number of benzene rings is 1. The Balaban J connectivity index is 2.49. The number of nitrogens with one attached hydrogen (secondary N) is 1. The fourth-order valence-electron chi connectivity index (χ4n) is 1.69. The van der Waals surface area contributed by atoms with Crippen LogP contribution in [0.3, 0.4) is 0 Å². The van der Waals surface area contributed by atoms with Crippen LogP contribution in [0.1, 0.15) is 25.3 Å². The molecule has 0 aromatic heterocycles. The second-order valence-corrected chi connectivity index (χ2v) is 4.65. The number of nitriles is 2. The normalized spacial score (nSPS) is 11.4. The van der Waals surface area contributed by atoms with Crippen molar-refractivity contribution in [2.45, 2.75) is 25.8 Å². The van der Waals surface area contributed by atoms with Crippen LogP contribution in [0.4, 0.5) is 5.69 Å². The van der Waals surface area contributed by atoms with E-state index in [0.29, 0.717) is 30.6 Å². The molecule has 0 fully saturated rings. The molecule has 5 nitrogen and oxygen atoms in total. The number of hydrogen-bond acceptors (Lipinski definition) is 4. The van der Waals surface area contributed by atoms with E-state index >= 15 is 0 Å². The van der Waals surface area contributed by atoms with Gasteiger partial charge in [0.2, 0.25) is 5.91 Å². The summed E-state index contributed by atoms with van der Waals surface area (Å²) in [6.07, 6.45) is 0.765. The van der Waals surface area contributed by atoms with Crippen LogP contribution >= 0.6 is 0 Å². The highest BCUT2D eigenvalue weighted by Crippen LogP contribution is 2.13. The molecule has 0 aliphatic heterocycles. The Morgan fingerprint density at radius 3 is 2.75 bits per heavy atom. The van der Waals surface area contributed by atoms with Crippen LogP contribution in [0.5, 0.6) is 0 Å². The van der Waals surface area contributed by atoms with E-state index in [2.05, 4.69) is 11.4 Å². The third-order valence-electron chi connectivity index (χ3n) is 3.15. The van der Waals surface area contributed by atoms with Crippen LogP contribution in [-0.2, 0) is 4.79 Å². The van der Waals surface area contributed by atoms with E-state index in [1.54, 1.807) is 24.3 Å². The molecule has 20 heavy (non-hydrogen) atoms. The Labute approximate surface area is 119 Å². The summed E-state index contributed by atoms with van der Waals surface area (Å²) >= 11 is 0. The van der Waals surface area contributed by atoms with Crippen molar-refractivity contribution < 1.29 is 4.79 Å². The Kier molecular flexibility index (Phi) is 6.22. The monoisotopic (exact) mass is 270 g/mol. The minimum Gasteiger partial charge on any atom is -0.325 e. The van der Waals surface area contributed by atoms with Gasteiger partial charge >= 0.3 is 0 Å². The lowest BCUT2D eigenvalue weighted by Crippen LogP contribution is -2.31. The van der Waals surface area contributed by atoms with E-state index in [1.807, 2.05) is 24.9 Å². The first-order valence-electron chi connectivity index (χ1n) is 6.44. The molecule has 0 spiro atoms. The van der Waals surface area contributed by atoms with Crippen LogP contribution in [-0.4, -0.2) is 30.4 Å². The summed E-state index contributed by atoms with van der Waals surface area (Å²) in [7, 11) is 1.89. The van der Waals surface area contributed by atoms with Gasteiger partial charge in [-0.25, -0.2) is 0 Å². The maximum Gasteiger partial charge on any atom is 0.225 e.